The summed E-state index contributed by atoms with van der Waals surface area (Å²) < 4.78 is 27.0. The van der Waals surface area contributed by atoms with Crippen LogP contribution in [-0.2, 0) is 23.8 Å². The van der Waals surface area contributed by atoms with Crippen molar-refractivity contribution in [1.29, 1.82) is 0 Å². The van der Waals surface area contributed by atoms with Gasteiger partial charge in [0.05, 0.1) is 12.5 Å². The topological polar surface area (TPSA) is 161 Å². The third-order valence-corrected chi connectivity index (χ3v) is 6.52. The van der Waals surface area contributed by atoms with E-state index in [0.29, 0.717) is 18.4 Å². The number of esters is 1. The Morgan fingerprint density at radius 1 is 0.854 bits per heavy atom. The lowest BCUT2D eigenvalue weighted by Crippen LogP contribution is -2.38. The Labute approximate surface area is 243 Å². The van der Waals surface area contributed by atoms with Crippen molar-refractivity contribution in [2.24, 2.45) is 11.1 Å². The van der Waals surface area contributed by atoms with E-state index in [2.05, 4.69) is 0 Å². The smallest absolute Gasteiger partial charge is 0.480 e. The van der Waals surface area contributed by atoms with Gasteiger partial charge in [0.1, 0.15) is 17.2 Å². The molecular formula is C30H47NO10. The molecule has 1 aromatic rings. The van der Waals surface area contributed by atoms with Gasteiger partial charge in [-0.05, 0) is 77.0 Å². The van der Waals surface area contributed by atoms with Gasteiger partial charge in [0.15, 0.2) is 11.5 Å². The highest BCUT2D eigenvalue weighted by molar-refractivity contribution is 5.75. The van der Waals surface area contributed by atoms with Crippen molar-refractivity contribution in [3.63, 3.8) is 0 Å². The average Bonchev–Trinajstić information content (AvgIpc) is 2.81. The summed E-state index contributed by atoms with van der Waals surface area (Å²) in [6, 6.07) is 2.81. The summed E-state index contributed by atoms with van der Waals surface area (Å²) in [7, 11) is 0. The highest BCUT2D eigenvalue weighted by Crippen LogP contribution is 2.36. The SMILES string of the molecule is CCC(C)(C)OC(=O)Oc1ccc(C(CC(C)OC(=O)CC(C)(C)C)[C@H](N)C(=O)O)cc1OC(=O)OC(C)(C)CC. The number of hydrogen-bond acceptors (Lipinski definition) is 10. The predicted octanol–water partition coefficient (Wildman–Crippen LogP) is 6.35. The minimum atomic E-state index is -1.39. The fraction of sp³-hybridized carbons (Fsp3) is 0.667. The van der Waals surface area contributed by atoms with E-state index < -0.39 is 53.5 Å². The summed E-state index contributed by atoms with van der Waals surface area (Å²) in [5.41, 5.74) is 4.48. The second kappa shape index (κ2) is 14.5. The minimum Gasteiger partial charge on any atom is -0.480 e. The maximum Gasteiger partial charge on any atom is 0.514 e. The van der Waals surface area contributed by atoms with Crippen molar-refractivity contribution in [1.82, 2.24) is 0 Å². The van der Waals surface area contributed by atoms with Crippen LogP contribution in [0.2, 0.25) is 0 Å². The number of carbonyl (C=O) groups is 4. The highest BCUT2D eigenvalue weighted by atomic mass is 16.8. The summed E-state index contributed by atoms with van der Waals surface area (Å²) in [5, 5.41) is 9.71. The van der Waals surface area contributed by atoms with Gasteiger partial charge in [-0.1, -0.05) is 40.7 Å². The van der Waals surface area contributed by atoms with Crippen LogP contribution in [0.25, 0.3) is 0 Å². The van der Waals surface area contributed by atoms with Crippen LogP contribution in [-0.4, -0.2) is 52.7 Å². The average molecular weight is 582 g/mol. The molecule has 0 amide bonds. The normalized spacial score (nSPS) is 14.3. The molecule has 11 nitrogen and oxygen atoms in total. The van der Waals surface area contributed by atoms with Gasteiger partial charge in [-0.25, -0.2) is 9.59 Å². The molecule has 3 atom stereocenters. The van der Waals surface area contributed by atoms with Crippen LogP contribution in [0.3, 0.4) is 0 Å². The van der Waals surface area contributed by atoms with Gasteiger partial charge >= 0.3 is 24.2 Å². The van der Waals surface area contributed by atoms with Gasteiger partial charge in [-0.15, -0.1) is 0 Å². The molecule has 0 bridgehead atoms. The number of carboxylic acid groups (broad SMARTS) is 1. The van der Waals surface area contributed by atoms with Crippen molar-refractivity contribution in [3.05, 3.63) is 23.8 Å². The molecule has 2 unspecified atom stereocenters. The van der Waals surface area contributed by atoms with Crippen LogP contribution in [0.15, 0.2) is 18.2 Å². The molecule has 232 valence electrons. The van der Waals surface area contributed by atoms with Gasteiger partial charge in [-0.3, -0.25) is 9.59 Å². The summed E-state index contributed by atoms with van der Waals surface area (Å²) in [5.74, 6) is -2.92. The maximum absolute atomic E-state index is 12.6. The Morgan fingerprint density at radius 3 is 1.78 bits per heavy atom. The number of hydrogen-bond donors (Lipinski definition) is 2. The molecule has 0 spiro atoms. The zero-order chi connectivity index (χ0) is 31.8. The van der Waals surface area contributed by atoms with Gasteiger partial charge in [0, 0.05) is 5.92 Å². The van der Waals surface area contributed by atoms with E-state index in [4.69, 9.17) is 29.4 Å². The molecule has 0 aliphatic rings. The second-order valence-electron chi connectivity index (χ2n) is 12.6. The Balaban J connectivity index is 3.42. The number of nitrogens with two attached hydrogens (primary N) is 1. The third kappa shape index (κ3) is 12.8. The Bertz CT molecular complexity index is 1070. The maximum atomic E-state index is 12.6. The Hall–Kier alpha value is -3.34. The molecule has 0 aliphatic carbocycles. The van der Waals surface area contributed by atoms with Gasteiger partial charge in [0.25, 0.3) is 0 Å². The van der Waals surface area contributed by atoms with Gasteiger partial charge in [0.2, 0.25) is 0 Å². The zero-order valence-electron chi connectivity index (χ0n) is 26.0. The molecule has 0 fully saturated rings. The van der Waals surface area contributed by atoms with Crippen LogP contribution in [0.4, 0.5) is 9.59 Å². The van der Waals surface area contributed by atoms with Crippen LogP contribution >= 0.6 is 0 Å². The van der Waals surface area contributed by atoms with E-state index in [1.165, 1.54) is 18.2 Å². The van der Waals surface area contributed by atoms with Gasteiger partial charge in [-0.2, -0.15) is 0 Å². The molecule has 0 aliphatic heterocycles. The van der Waals surface area contributed by atoms with Crippen LogP contribution in [0.5, 0.6) is 11.5 Å². The molecular weight excluding hydrogens is 534 g/mol. The Morgan fingerprint density at radius 2 is 1.34 bits per heavy atom. The first-order valence-electron chi connectivity index (χ1n) is 13.8. The summed E-state index contributed by atoms with van der Waals surface area (Å²) in [6.07, 6.45) is -1.48. The van der Waals surface area contributed by atoms with E-state index in [1.807, 2.05) is 34.6 Å². The molecule has 0 saturated heterocycles. The molecule has 0 radical (unpaired) electrons. The quantitative estimate of drug-likeness (QED) is 0.152. The fourth-order valence-electron chi connectivity index (χ4n) is 3.50. The number of rotatable bonds is 13. The van der Waals surface area contributed by atoms with E-state index in [0.717, 1.165) is 0 Å². The van der Waals surface area contributed by atoms with Crippen molar-refractivity contribution in [2.45, 2.75) is 124 Å². The largest absolute Gasteiger partial charge is 0.514 e. The van der Waals surface area contributed by atoms with E-state index in [-0.39, 0.29) is 29.8 Å². The zero-order valence-corrected chi connectivity index (χ0v) is 26.0. The van der Waals surface area contributed by atoms with Gasteiger partial charge < -0.3 is 34.5 Å². The van der Waals surface area contributed by atoms with Crippen LogP contribution in [0, 0.1) is 5.41 Å². The standard InChI is InChI=1S/C30H47NO10/c1-11-29(7,8)40-26(35)38-21-14-13-19(16-22(21)39-27(36)41-30(9,10)12-2)20(24(31)25(33)34)15-18(3)37-23(32)17-28(4,5)6/h13-14,16,18,20,24H,11-12,15,17,31H2,1-10H3,(H,33,34)/t18?,20?,24-/m0/s1. The van der Waals surface area contributed by atoms with E-state index in [1.54, 1.807) is 34.6 Å². The summed E-state index contributed by atoms with van der Waals surface area (Å²) in [6.45, 7) is 17.9. The number of aliphatic carboxylic acids is 1. The monoisotopic (exact) mass is 581 g/mol. The third-order valence-electron chi connectivity index (χ3n) is 6.52. The van der Waals surface area contributed by atoms with E-state index in [9.17, 15) is 24.3 Å². The first-order valence-corrected chi connectivity index (χ1v) is 13.8. The lowest BCUT2D eigenvalue weighted by Gasteiger charge is -2.27. The van der Waals surface area contributed by atoms with Crippen molar-refractivity contribution in [3.8, 4) is 11.5 Å². The molecule has 3 N–H and O–H groups in total. The molecule has 1 rings (SSSR count). The van der Waals surface area contributed by atoms with Crippen molar-refractivity contribution >= 4 is 24.2 Å². The number of carbonyl (C=O) groups excluding carboxylic acids is 3. The number of benzene rings is 1. The fourth-order valence-corrected chi connectivity index (χ4v) is 3.50. The minimum absolute atomic E-state index is 0.0586. The molecule has 0 aromatic heterocycles. The molecule has 41 heavy (non-hydrogen) atoms. The lowest BCUT2D eigenvalue weighted by molar-refractivity contribution is -0.151. The van der Waals surface area contributed by atoms with Crippen LogP contribution in [0.1, 0.15) is 106 Å². The predicted molar refractivity (Wildman–Crippen MR) is 152 cm³/mol. The van der Waals surface area contributed by atoms with Crippen LogP contribution < -0.4 is 15.2 Å². The first kappa shape index (κ1) is 35.7. The van der Waals surface area contributed by atoms with E-state index >= 15 is 0 Å². The molecule has 0 saturated carbocycles. The first-order chi connectivity index (χ1) is 18.7. The molecule has 11 heteroatoms. The van der Waals surface area contributed by atoms with Crippen molar-refractivity contribution < 1.29 is 48.0 Å². The number of ether oxygens (including phenoxy) is 5. The summed E-state index contributed by atoms with van der Waals surface area (Å²) >= 11 is 0. The highest BCUT2D eigenvalue weighted by Gasteiger charge is 2.32. The Kier molecular flexibility index (Phi) is 12.6. The molecule has 0 heterocycles. The second-order valence-corrected chi connectivity index (χ2v) is 12.6. The lowest BCUT2D eigenvalue weighted by atomic mass is 9.86. The van der Waals surface area contributed by atoms with Crippen molar-refractivity contribution in [2.75, 3.05) is 0 Å². The number of carboxylic acids is 1. The summed E-state index contributed by atoms with van der Waals surface area (Å²) in [4.78, 5) is 49.4. The molecule has 1 aromatic carbocycles.